The van der Waals surface area contributed by atoms with Crippen LogP contribution in [-0.4, -0.2) is 79.2 Å². The molecule has 0 spiro atoms. The Morgan fingerprint density at radius 2 is 1.92 bits per heavy atom. The Bertz CT molecular complexity index is 1560. The van der Waals surface area contributed by atoms with Gasteiger partial charge in [-0.05, 0) is 12.1 Å². The molecule has 1 fully saturated rings. The summed E-state index contributed by atoms with van der Waals surface area (Å²) in [5, 5.41) is 13.0. The van der Waals surface area contributed by atoms with Crippen molar-refractivity contribution in [3.05, 3.63) is 64.7 Å². The average molecular weight is 507 g/mol. The highest BCUT2D eigenvalue weighted by Gasteiger charge is 2.39. The predicted octanol–water partition coefficient (Wildman–Crippen LogP) is 0.998. The molecule has 2 amide bonds. The number of pyridine rings is 1. The summed E-state index contributed by atoms with van der Waals surface area (Å²) >= 11 is 0. The van der Waals surface area contributed by atoms with E-state index in [9.17, 15) is 18.8 Å². The summed E-state index contributed by atoms with van der Waals surface area (Å²) in [4.78, 5) is 51.8. The van der Waals surface area contributed by atoms with E-state index in [0.29, 0.717) is 11.3 Å². The van der Waals surface area contributed by atoms with Crippen LogP contribution >= 0.6 is 0 Å². The second kappa shape index (κ2) is 9.29. The lowest BCUT2D eigenvalue weighted by atomic mass is 10.3. The predicted molar refractivity (Wildman–Crippen MR) is 132 cm³/mol. The molecule has 1 aliphatic rings. The van der Waals surface area contributed by atoms with Crippen molar-refractivity contribution in [1.29, 1.82) is 0 Å². The van der Waals surface area contributed by atoms with Crippen molar-refractivity contribution >= 4 is 34.7 Å². The monoisotopic (exact) mass is 506 g/mol. The lowest BCUT2D eigenvalue weighted by molar-refractivity contribution is 0.0821. The lowest BCUT2D eigenvalue weighted by Gasteiger charge is -2.12. The molecule has 4 aromatic heterocycles. The summed E-state index contributed by atoms with van der Waals surface area (Å²) in [5.74, 6) is -0.325. The van der Waals surface area contributed by atoms with Crippen molar-refractivity contribution in [3.63, 3.8) is 0 Å². The van der Waals surface area contributed by atoms with Crippen molar-refractivity contribution in [1.82, 2.24) is 39.3 Å². The Morgan fingerprint density at radius 3 is 2.57 bits per heavy atom. The molecule has 0 unspecified atom stereocenters. The fourth-order valence-electron chi connectivity index (χ4n) is 3.62. The zero-order valence-corrected chi connectivity index (χ0v) is 20.1. The number of amides is 2. The van der Waals surface area contributed by atoms with Crippen molar-refractivity contribution in [2.45, 2.75) is 18.6 Å². The average Bonchev–Trinajstić information content (AvgIpc) is 3.41. The smallest absolute Gasteiger partial charge is 0.280 e. The fourth-order valence-corrected chi connectivity index (χ4v) is 3.62. The highest BCUT2D eigenvalue weighted by Crippen LogP contribution is 2.26. The van der Waals surface area contributed by atoms with Gasteiger partial charge in [0, 0.05) is 39.8 Å². The van der Waals surface area contributed by atoms with Gasteiger partial charge in [0.05, 0.1) is 30.3 Å². The largest absolute Gasteiger partial charge is 0.385 e. The van der Waals surface area contributed by atoms with E-state index >= 15 is 0 Å². The highest BCUT2D eigenvalue weighted by molar-refractivity contribution is 5.94. The van der Waals surface area contributed by atoms with Crippen LogP contribution < -0.4 is 21.5 Å². The molecule has 5 rings (SSSR count). The van der Waals surface area contributed by atoms with E-state index in [2.05, 4.69) is 36.0 Å². The van der Waals surface area contributed by atoms with Gasteiger partial charge in [-0.2, -0.15) is 0 Å². The molecule has 1 aliphatic carbocycles. The quantitative estimate of drug-likeness (QED) is 0.333. The first-order valence-corrected chi connectivity index (χ1v) is 11.3. The number of alkyl halides is 1. The van der Waals surface area contributed by atoms with Crippen LogP contribution in [0.4, 0.5) is 21.6 Å². The number of rotatable bonds is 7. The summed E-state index contributed by atoms with van der Waals surface area (Å²) < 4.78 is 15.9. The van der Waals surface area contributed by atoms with E-state index in [1.54, 1.807) is 39.3 Å². The number of hydrogen-bond donors (Lipinski definition) is 3. The lowest BCUT2D eigenvalue weighted by Crippen LogP contribution is -2.28. The molecular formula is C23H23FN10O3. The van der Waals surface area contributed by atoms with E-state index in [1.165, 1.54) is 38.8 Å². The van der Waals surface area contributed by atoms with E-state index in [1.807, 2.05) is 0 Å². The number of hydrogen-bond acceptors (Lipinski definition) is 9. The third-order valence-electron chi connectivity index (χ3n) is 5.72. The van der Waals surface area contributed by atoms with Crippen molar-refractivity contribution in [3.8, 4) is 5.82 Å². The number of aromatic nitrogens is 6. The molecule has 37 heavy (non-hydrogen) atoms. The van der Waals surface area contributed by atoms with Crippen LogP contribution in [0.5, 0.6) is 0 Å². The minimum Gasteiger partial charge on any atom is -0.385 e. The van der Waals surface area contributed by atoms with Gasteiger partial charge in [-0.1, -0.05) is 0 Å². The number of anilines is 3. The standard InChI is InChI=1S/C23H23FN10O3/c1-25-15-8-18(31-34-17(10-28-20(15)34)21(35)30-14-7-12(14)24)29-13-5-4-6-33(23(13)37)19-11-26-16(9-27-19)22(36)32(2)3/h4-6,8-12,14,25H,7H2,1-3H3,(H,29,31)(H,30,35)/t12-,14+/m0/s1. The molecule has 3 N–H and O–H groups in total. The third-order valence-corrected chi connectivity index (χ3v) is 5.72. The summed E-state index contributed by atoms with van der Waals surface area (Å²) in [6.07, 6.45) is 4.76. The van der Waals surface area contributed by atoms with Gasteiger partial charge in [0.1, 0.15) is 17.6 Å². The molecule has 2 atom stereocenters. The maximum atomic E-state index is 13.3. The zero-order chi connectivity index (χ0) is 26.3. The summed E-state index contributed by atoms with van der Waals surface area (Å²) in [7, 11) is 4.90. The number of nitrogens with one attached hydrogen (secondary N) is 3. The van der Waals surface area contributed by atoms with Gasteiger partial charge in [-0.3, -0.25) is 19.0 Å². The van der Waals surface area contributed by atoms with Gasteiger partial charge in [-0.15, -0.1) is 5.10 Å². The number of nitrogens with zero attached hydrogens (tertiary/aromatic N) is 7. The van der Waals surface area contributed by atoms with Gasteiger partial charge in [0.25, 0.3) is 17.4 Å². The van der Waals surface area contributed by atoms with E-state index in [-0.39, 0.29) is 41.0 Å². The highest BCUT2D eigenvalue weighted by atomic mass is 19.1. The van der Waals surface area contributed by atoms with E-state index in [4.69, 9.17) is 0 Å². The fraction of sp³-hybridized carbons (Fsp3) is 0.261. The molecule has 0 saturated heterocycles. The summed E-state index contributed by atoms with van der Waals surface area (Å²) in [5.41, 5.74) is 0.951. The molecule has 14 heteroatoms. The van der Waals surface area contributed by atoms with Crippen molar-refractivity contribution in [2.24, 2.45) is 0 Å². The molecule has 1 saturated carbocycles. The minimum absolute atomic E-state index is 0.127. The zero-order valence-electron chi connectivity index (χ0n) is 20.1. The topological polar surface area (TPSA) is 151 Å². The molecule has 0 radical (unpaired) electrons. The van der Waals surface area contributed by atoms with Crippen LogP contribution in [0.1, 0.15) is 27.4 Å². The van der Waals surface area contributed by atoms with Gasteiger partial charge >= 0.3 is 0 Å². The molecule has 0 aromatic carbocycles. The first-order chi connectivity index (χ1) is 17.8. The molecule has 4 heterocycles. The maximum Gasteiger partial charge on any atom is 0.280 e. The first-order valence-electron chi connectivity index (χ1n) is 11.3. The van der Waals surface area contributed by atoms with Crippen LogP contribution in [0, 0.1) is 0 Å². The van der Waals surface area contributed by atoms with Gasteiger partial charge in [-0.25, -0.2) is 23.9 Å². The molecule has 13 nitrogen and oxygen atoms in total. The SMILES string of the molecule is CNc1cc(Nc2cccn(-c3cnc(C(=O)N(C)C)cn3)c2=O)nn2c(C(=O)N[C@@H]3C[C@@H]3F)cnc12. The van der Waals surface area contributed by atoms with E-state index in [0.717, 1.165) is 0 Å². The number of imidazole rings is 1. The Kier molecular flexibility index (Phi) is 5.99. The molecular weight excluding hydrogens is 483 g/mol. The minimum atomic E-state index is -1.05. The summed E-state index contributed by atoms with van der Waals surface area (Å²) in [6.45, 7) is 0. The van der Waals surface area contributed by atoms with Crippen LogP contribution in [0.3, 0.4) is 0 Å². The van der Waals surface area contributed by atoms with Crippen molar-refractivity contribution in [2.75, 3.05) is 31.8 Å². The Labute approximate surface area is 209 Å². The van der Waals surface area contributed by atoms with Gasteiger partial charge in [0.2, 0.25) is 0 Å². The maximum absolute atomic E-state index is 13.3. The molecule has 0 bridgehead atoms. The number of carbonyl (C=O) groups is 2. The van der Waals surface area contributed by atoms with Gasteiger partial charge < -0.3 is 20.9 Å². The number of halogens is 1. The Hall–Kier alpha value is -4.88. The normalized spacial score (nSPS) is 16.3. The van der Waals surface area contributed by atoms with Crippen LogP contribution in [0.15, 0.2) is 47.8 Å². The second-order valence-corrected chi connectivity index (χ2v) is 8.59. The molecule has 0 aliphatic heterocycles. The Morgan fingerprint density at radius 1 is 1.14 bits per heavy atom. The molecule has 190 valence electrons. The van der Waals surface area contributed by atoms with Crippen LogP contribution in [0.25, 0.3) is 11.5 Å². The van der Waals surface area contributed by atoms with Gasteiger partial charge in [0.15, 0.2) is 23.0 Å². The van der Waals surface area contributed by atoms with Crippen LogP contribution in [-0.2, 0) is 0 Å². The second-order valence-electron chi connectivity index (χ2n) is 8.59. The van der Waals surface area contributed by atoms with Crippen molar-refractivity contribution < 1.29 is 14.0 Å². The molecule has 4 aromatic rings. The Balaban J connectivity index is 1.46. The van der Waals surface area contributed by atoms with E-state index < -0.39 is 23.7 Å². The number of fused-ring (bicyclic) bond motifs is 1. The third kappa shape index (κ3) is 4.55. The number of carbonyl (C=O) groups excluding carboxylic acids is 2. The first kappa shape index (κ1) is 23.8. The summed E-state index contributed by atoms with van der Waals surface area (Å²) in [6, 6.07) is 4.34. The van der Waals surface area contributed by atoms with Crippen LogP contribution in [0.2, 0.25) is 0 Å².